The van der Waals surface area contributed by atoms with E-state index >= 15 is 0 Å². The van der Waals surface area contributed by atoms with Crippen molar-refractivity contribution in [3.8, 4) is 0 Å². The van der Waals surface area contributed by atoms with E-state index in [1.165, 1.54) is 70.6 Å². The minimum Gasteiger partial charge on any atom is -0.481 e. The molecule has 0 aromatic heterocycles. The van der Waals surface area contributed by atoms with Gasteiger partial charge in [0.15, 0.2) is 0 Å². The van der Waals surface area contributed by atoms with Crippen LogP contribution >= 0.6 is 0 Å². The number of allylic oxidation sites excluding steroid dienone is 2. The van der Waals surface area contributed by atoms with Gasteiger partial charge in [0, 0.05) is 13.0 Å². The van der Waals surface area contributed by atoms with Crippen LogP contribution in [0.15, 0.2) is 12.2 Å². The zero-order valence-electron chi connectivity index (χ0n) is 16.9. The Bertz CT molecular complexity index is 279. The standard InChI is InChI=1S/C18H34O2.C3H10N2/c1-2-3-4-5-6-7-8-9-10-11-12-13-14-15-16-17-18(19)20;1-2-3-5-4/h9-10H,2-8,11-17H2,1H3,(H,19,20);5H,2-4H2,1H3/b10-9-;. The third-order valence-electron chi connectivity index (χ3n) is 4.05. The average Bonchev–Trinajstić information content (AvgIpc) is 2.59. The van der Waals surface area contributed by atoms with Gasteiger partial charge in [-0.25, -0.2) is 0 Å². The van der Waals surface area contributed by atoms with Gasteiger partial charge in [0.1, 0.15) is 0 Å². The van der Waals surface area contributed by atoms with Crippen molar-refractivity contribution >= 4 is 5.97 Å². The molecule has 4 heteroatoms. The van der Waals surface area contributed by atoms with E-state index in [2.05, 4.69) is 31.4 Å². The van der Waals surface area contributed by atoms with Gasteiger partial charge in [0.2, 0.25) is 0 Å². The number of aliphatic carboxylic acids is 1. The first kappa shape index (κ1) is 26.4. The summed E-state index contributed by atoms with van der Waals surface area (Å²) in [5.74, 6) is 4.22. The second-order valence-corrected chi connectivity index (χ2v) is 6.68. The van der Waals surface area contributed by atoms with Gasteiger partial charge in [-0.15, -0.1) is 0 Å². The van der Waals surface area contributed by atoms with Crippen molar-refractivity contribution in [1.82, 2.24) is 5.43 Å². The van der Waals surface area contributed by atoms with Gasteiger partial charge in [-0.05, 0) is 38.5 Å². The van der Waals surface area contributed by atoms with E-state index in [0.717, 1.165) is 25.8 Å². The highest BCUT2D eigenvalue weighted by molar-refractivity contribution is 5.66. The molecular weight excluding hydrogens is 312 g/mol. The molecule has 0 aliphatic heterocycles. The fourth-order valence-corrected chi connectivity index (χ4v) is 2.49. The maximum absolute atomic E-state index is 10.3. The minimum atomic E-state index is -0.664. The van der Waals surface area contributed by atoms with Crippen LogP contribution in [-0.2, 0) is 4.79 Å². The van der Waals surface area contributed by atoms with E-state index in [1.54, 1.807) is 0 Å². The predicted octanol–water partition coefficient (Wildman–Crippen LogP) is 5.97. The maximum atomic E-state index is 10.3. The summed E-state index contributed by atoms with van der Waals surface area (Å²) >= 11 is 0. The number of unbranched alkanes of at least 4 members (excludes halogenated alkanes) is 11. The van der Waals surface area contributed by atoms with Crippen molar-refractivity contribution in [3.63, 3.8) is 0 Å². The molecule has 0 aliphatic carbocycles. The Labute approximate surface area is 156 Å². The molecule has 25 heavy (non-hydrogen) atoms. The second-order valence-electron chi connectivity index (χ2n) is 6.68. The van der Waals surface area contributed by atoms with E-state index in [1.807, 2.05) is 0 Å². The Morgan fingerprint density at radius 3 is 1.68 bits per heavy atom. The molecular formula is C21H44N2O2. The predicted molar refractivity (Wildman–Crippen MR) is 110 cm³/mol. The molecule has 0 rings (SSSR count). The van der Waals surface area contributed by atoms with Crippen LogP contribution in [0, 0.1) is 0 Å². The lowest BCUT2D eigenvalue weighted by molar-refractivity contribution is -0.137. The first-order valence-electron chi connectivity index (χ1n) is 10.5. The number of carboxylic acids is 1. The van der Waals surface area contributed by atoms with Crippen LogP contribution in [0.2, 0.25) is 0 Å². The number of hydrogen-bond donors (Lipinski definition) is 3. The molecule has 0 aliphatic rings. The smallest absolute Gasteiger partial charge is 0.303 e. The number of nitrogens with two attached hydrogens (primary N) is 1. The summed E-state index contributed by atoms with van der Waals surface area (Å²) in [6.45, 7) is 5.24. The van der Waals surface area contributed by atoms with Gasteiger partial charge in [-0.3, -0.25) is 16.1 Å². The van der Waals surface area contributed by atoms with Gasteiger partial charge in [0.25, 0.3) is 0 Å². The summed E-state index contributed by atoms with van der Waals surface area (Å²) in [6, 6.07) is 0. The monoisotopic (exact) mass is 356 g/mol. The van der Waals surface area contributed by atoms with Crippen molar-refractivity contribution in [2.45, 2.75) is 110 Å². The Hall–Kier alpha value is -0.870. The number of rotatable bonds is 17. The SMILES string of the molecule is CCCCCCCC/C=C\CCCCCCCC(=O)O.CCCNN. The van der Waals surface area contributed by atoms with Crippen LogP contribution in [0.5, 0.6) is 0 Å². The number of nitrogens with one attached hydrogen (secondary N) is 1. The van der Waals surface area contributed by atoms with Crippen LogP contribution in [0.4, 0.5) is 0 Å². The molecule has 4 nitrogen and oxygen atoms in total. The number of hydrogen-bond acceptors (Lipinski definition) is 3. The molecule has 0 saturated heterocycles. The molecule has 0 unspecified atom stereocenters. The lowest BCUT2D eigenvalue weighted by Crippen LogP contribution is -2.21. The fraction of sp³-hybridized carbons (Fsp3) is 0.857. The van der Waals surface area contributed by atoms with Crippen molar-refractivity contribution in [2.75, 3.05) is 6.54 Å². The third kappa shape index (κ3) is 31.4. The number of carbonyl (C=O) groups is 1. The third-order valence-corrected chi connectivity index (χ3v) is 4.05. The normalized spacial score (nSPS) is 10.7. The molecule has 4 N–H and O–H groups in total. The zero-order chi connectivity index (χ0) is 19.0. The molecule has 150 valence electrons. The Balaban J connectivity index is 0. The summed E-state index contributed by atoms with van der Waals surface area (Å²) < 4.78 is 0. The topological polar surface area (TPSA) is 75.3 Å². The van der Waals surface area contributed by atoms with E-state index in [9.17, 15) is 4.79 Å². The molecule has 0 spiro atoms. The first-order chi connectivity index (χ1) is 12.2. The van der Waals surface area contributed by atoms with Gasteiger partial charge in [0.05, 0.1) is 0 Å². The van der Waals surface area contributed by atoms with Crippen molar-refractivity contribution in [2.24, 2.45) is 5.84 Å². The fourth-order valence-electron chi connectivity index (χ4n) is 2.49. The Kier molecular flexibility index (Phi) is 26.8. The van der Waals surface area contributed by atoms with Gasteiger partial charge in [-0.2, -0.15) is 0 Å². The van der Waals surface area contributed by atoms with Crippen LogP contribution in [0.3, 0.4) is 0 Å². The molecule has 0 radical (unpaired) electrons. The average molecular weight is 357 g/mol. The Morgan fingerprint density at radius 1 is 0.800 bits per heavy atom. The summed E-state index contributed by atoms with van der Waals surface area (Å²) in [5, 5.41) is 8.51. The highest BCUT2D eigenvalue weighted by Gasteiger charge is 1.95. The summed E-state index contributed by atoms with van der Waals surface area (Å²) in [7, 11) is 0. The van der Waals surface area contributed by atoms with Crippen LogP contribution in [-0.4, -0.2) is 17.6 Å². The van der Waals surface area contributed by atoms with Gasteiger partial charge < -0.3 is 5.11 Å². The highest BCUT2D eigenvalue weighted by Crippen LogP contribution is 2.09. The van der Waals surface area contributed by atoms with Gasteiger partial charge >= 0.3 is 5.97 Å². The van der Waals surface area contributed by atoms with Crippen LogP contribution < -0.4 is 11.3 Å². The minimum absolute atomic E-state index is 0.332. The molecule has 0 fully saturated rings. The maximum Gasteiger partial charge on any atom is 0.303 e. The molecule has 0 aromatic rings. The summed E-state index contributed by atoms with van der Waals surface area (Å²) in [5.41, 5.74) is 2.52. The zero-order valence-corrected chi connectivity index (χ0v) is 16.9. The van der Waals surface area contributed by atoms with E-state index in [-0.39, 0.29) is 0 Å². The first-order valence-corrected chi connectivity index (χ1v) is 10.5. The van der Waals surface area contributed by atoms with E-state index < -0.39 is 5.97 Å². The van der Waals surface area contributed by atoms with E-state index in [0.29, 0.717) is 6.42 Å². The summed E-state index contributed by atoms with van der Waals surface area (Å²) in [6.07, 6.45) is 22.3. The van der Waals surface area contributed by atoms with Crippen LogP contribution in [0.25, 0.3) is 0 Å². The van der Waals surface area contributed by atoms with E-state index in [4.69, 9.17) is 10.9 Å². The summed E-state index contributed by atoms with van der Waals surface area (Å²) in [4.78, 5) is 10.3. The largest absolute Gasteiger partial charge is 0.481 e. The molecule has 0 heterocycles. The van der Waals surface area contributed by atoms with Gasteiger partial charge in [-0.1, -0.05) is 77.4 Å². The lowest BCUT2D eigenvalue weighted by atomic mass is 10.1. The number of carboxylic acid groups (broad SMARTS) is 1. The quantitative estimate of drug-likeness (QED) is 0.130. The highest BCUT2D eigenvalue weighted by atomic mass is 16.4. The van der Waals surface area contributed by atoms with Crippen molar-refractivity contribution in [1.29, 1.82) is 0 Å². The molecule has 0 atom stereocenters. The lowest BCUT2D eigenvalue weighted by Gasteiger charge is -1.99. The van der Waals surface area contributed by atoms with Crippen LogP contribution in [0.1, 0.15) is 110 Å². The molecule has 0 aromatic carbocycles. The van der Waals surface area contributed by atoms with Crippen molar-refractivity contribution in [3.05, 3.63) is 12.2 Å². The van der Waals surface area contributed by atoms with Crippen molar-refractivity contribution < 1.29 is 9.90 Å². The molecule has 0 saturated carbocycles. The number of hydrazine groups is 1. The second kappa shape index (κ2) is 25.4. The Morgan fingerprint density at radius 2 is 1.28 bits per heavy atom. The molecule has 0 bridgehead atoms. The molecule has 0 amide bonds.